The van der Waals surface area contributed by atoms with Crippen LogP contribution in [0.15, 0.2) is 16.6 Å². The van der Waals surface area contributed by atoms with Crippen molar-refractivity contribution in [2.24, 2.45) is 4.99 Å². The first-order valence-corrected chi connectivity index (χ1v) is 6.01. The first-order valence-electron chi connectivity index (χ1n) is 4.25. The van der Waals surface area contributed by atoms with Gasteiger partial charge in [-0.1, -0.05) is 18.7 Å². The zero-order valence-corrected chi connectivity index (χ0v) is 9.19. The van der Waals surface area contributed by atoms with Crippen molar-refractivity contribution in [2.75, 3.05) is 0 Å². The number of hydrogen-bond donors (Lipinski definition) is 1. The lowest BCUT2D eigenvalue weighted by Crippen LogP contribution is -2.24. The van der Waals surface area contributed by atoms with Crippen molar-refractivity contribution in [2.45, 2.75) is 18.6 Å². The van der Waals surface area contributed by atoms with Crippen molar-refractivity contribution in [1.82, 2.24) is 10.3 Å². The molecule has 1 saturated heterocycles. The van der Waals surface area contributed by atoms with E-state index < -0.39 is 0 Å². The van der Waals surface area contributed by atoms with Crippen LogP contribution in [0.1, 0.15) is 13.3 Å². The van der Waals surface area contributed by atoms with Crippen LogP contribution in [0.2, 0.25) is 0 Å². The largest absolute Gasteiger partial charge is 0.304 e. The Balaban J connectivity index is 2.12. The molecular formula is C8H9N3OS2. The Morgan fingerprint density at radius 3 is 3.14 bits per heavy atom. The summed E-state index contributed by atoms with van der Waals surface area (Å²) >= 11 is 2.93. The van der Waals surface area contributed by atoms with E-state index in [4.69, 9.17) is 0 Å². The maximum absolute atomic E-state index is 11.3. The molecule has 1 aliphatic rings. The van der Waals surface area contributed by atoms with E-state index in [1.807, 2.05) is 12.3 Å². The second kappa shape index (κ2) is 4.10. The molecular weight excluding hydrogens is 218 g/mol. The molecule has 1 fully saturated rings. The molecule has 2 heterocycles. The van der Waals surface area contributed by atoms with Gasteiger partial charge in [-0.2, -0.15) is 4.99 Å². The topological polar surface area (TPSA) is 54.4 Å². The summed E-state index contributed by atoms with van der Waals surface area (Å²) in [6, 6.07) is 0. The summed E-state index contributed by atoms with van der Waals surface area (Å²) in [5.74, 6) is 0.0489. The second-order valence-electron chi connectivity index (χ2n) is 2.74. The minimum atomic E-state index is 0.00807. The van der Waals surface area contributed by atoms with Gasteiger partial charge in [-0.25, -0.2) is 4.98 Å². The van der Waals surface area contributed by atoms with Crippen molar-refractivity contribution in [3.63, 3.8) is 0 Å². The molecule has 0 spiro atoms. The molecule has 14 heavy (non-hydrogen) atoms. The lowest BCUT2D eigenvalue weighted by molar-refractivity contribution is -0.118. The number of amidine groups is 1. The summed E-state index contributed by atoms with van der Waals surface area (Å²) in [7, 11) is 0. The molecule has 1 amide bonds. The maximum Gasteiger partial charge on any atom is 0.239 e. The molecule has 1 N–H and O–H groups in total. The lowest BCUT2D eigenvalue weighted by Gasteiger charge is -1.95. The van der Waals surface area contributed by atoms with Gasteiger partial charge in [-0.05, 0) is 6.42 Å². The number of carbonyl (C=O) groups excluding carboxylic acids is 1. The smallest absolute Gasteiger partial charge is 0.239 e. The van der Waals surface area contributed by atoms with Crippen LogP contribution in [-0.2, 0) is 4.79 Å². The highest BCUT2D eigenvalue weighted by Gasteiger charge is 2.28. The van der Waals surface area contributed by atoms with Crippen LogP contribution in [0, 0.1) is 0 Å². The SMILES string of the molecule is CCC1S/C(=N\c2nccs2)NC1=O. The third-order valence-electron chi connectivity index (χ3n) is 1.76. The summed E-state index contributed by atoms with van der Waals surface area (Å²) in [5.41, 5.74) is 0. The van der Waals surface area contributed by atoms with E-state index in [0.717, 1.165) is 6.42 Å². The second-order valence-corrected chi connectivity index (χ2v) is 4.80. The van der Waals surface area contributed by atoms with Crippen LogP contribution < -0.4 is 5.32 Å². The number of nitrogens with zero attached hydrogens (tertiary/aromatic N) is 2. The predicted molar refractivity (Wildman–Crippen MR) is 59.0 cm³/mol. The molecule has 4 nitrogen and oxygen atoms in total. The fraction of sp³-hybridized carbons (Fsp3) is 0.375. The van der Waals surface area contributed by atoms with Crippen LogP contribution in [0.5, 0.6) is 0 Å². The molecule has 1 unspecified atom stereocenters. The Morgan fingerprint density at radius 2 is 2.57 bits per heavy atom. The van der Waals surface area contributed by atoms with Gasteiger partial charge in [-0.15, -0.1) is 11.3 Å². The molecule has 0 saturated carbocycles. The van der Waals surface area contributed by atoms with Crippen LogP contribution >= 0.6 is 23.1 Å². The summed E-state index contributed by atoms with van der Waals surface area (Å²) in [5, 5.41) is 5.95. The number of thiazole rings is 1. The predicted octanol–water partition coefficient (Wildman–Crippen LogP) is 1.77. The monoisotopic (exact) mass is 227 g/mol. The Morgan fingerprint density at radius 1 is 1.71 bits per heavy atom. The minimum Gasteiger partial charge on any atom is -0.304 e. The molecule has 2 rings (SSSR count). The maximum atomic E-state index is 11.3. The third-order valence-corrected chi connectivity index (χ3v) is 3.68. The first-order chi connectivity index (χ1) is 6.79. The molecule has 0 bridgehead atoms. The number of nitrogens with one attached hydrogen (secondary N) is 1. The van der Waals surface area contributed by atoms with E-state index in [-0.39, 0.29) is 11.2 Å². The summed E-state index contributed by atoms with van der Waals surface area (Å²) in [6.07, 6.45) is 2.52. The van der Waals surface area contributed by atoms with Crippen molar-refractivity contribution < 1.29 is 4.79 Å². The number of amides is 1. The van der Waals surface area contributed by atoms with E-state index in [1.165, 1.54) is 23.1 Å². The zero-order valence-electron chi connectivity index (χ0n) is 7.56. The summed E-state index contributed by atoms with van der Waals surface area (Å²) < 4.78 is 0. The van der Waals surface area contributed by atoms with Crippen molar-refractivity contribution in [3.8, 4) is 0 Å². The van der Waals surface area contributed by atoms with Gasteiger partial charge >= 0.3 is 0 Å². The van der Waals surface area contributed by atoms with Gasteiger partial charge in [0.2, 0.25) is 11.0 Å². The highest BCUT2D eigenvalue weighted by molar-refractivity contribution is 8.15. The molecule has 1 aromatic rings. The van der Waals surface area contributed by atoms with Crippen LogP contribution in [0.3, 0.4) is 0 Å². The number of thioether (sulfide) groups is 1. The van der Waals surface area contributed by atoms with E-state index in [2.05, 4.69) is 15.3 Å². The molecule has 1 atom stereocenters. The average molecular weight is 227 g/mol. The van der Waals surface area contributed by atoms with Crippen LogP contribution in [-0.4, -0.2) is 21.3 Å². The van der Waals surface area contributed by atoms with Crippen LogP contribution in [0.4, 0.5) is 5.13 Å². The number of rotatable bonds is 2. The molecule has 1 aliphatic heterocycles. The molecule has 1 aromatic heterocycles. The normalized spacial score (nSPS) is 24.2. The zero-order chi connectivity index (χ0) is 9.97. The first kappa shape index (κ1) is 9.67. The van der Waals surface area contributed by atoms with Gasteiger partial charge < -0.3 is 5.32 Å². The molecule has 0 aromatic carbocycles. The van der Waals surface area contributed by atoms with Gasteiger partial charge in [-0.3, -0.25) is 4.79 Å². The molecule has 74 valence electrons. The van der Waals surface area contributed by atoms with Gasteiger partial charge in [0.25, 0.3) is 0 Å². The fourth-order valence-corrected chi connectivity index (χ4v) is 2.55. The van der Waals surface area contributed by atoms with E-state index in [1.54, 1.807) is 6.20 Å². The summed E-state index contributed by atoms with van der Waals surface area (Å²) in [6.45, 7) is 1.99. The van der Waals surface area contributed by atoms with E-state index in [9.17, 15) is 4.79 Å². The van der Waals surface area contributed by atoms with Crippen molar-refractivity contribution in [1.29, 1.82) is 0 Å². The standard InChI is InChI=1S/C8H9N3OS2/c1-2-5-6(12)10-8(14-5)11-7-9-3-4-13-7/h3-5H,2H2,1H3,(H,9,10,11,12). The number of aromatic nitrogens is 1. The van der Waals surface area contributed by atoms with Gasteiger partial charge in [0.1, 0.15) is 0 Å². The van der Waals surface area contributed by atoms with Crippen molar-refractivity contribution in [3.05, 3.63) is 11.6 Å². The van der Waals surface area contributed by atoms with E-state index in [0.29, 0.717) is 10.3 Å². The Bertz CT molecular complexity index is 361. The van der Waals surface area contributed by atoms with Crippen LogP contribution in [0.25, 0.3) is 0 Å². The Hall–Kier alpha value is -0.880. The number of carbonyl (C=O) groups is 1. The molecule has 0 radical (unpaired) electrons. The summed E-state index contributed by atoms with van der Waals surface area (Å²) in [4.78, 5) is 19.6. The van der Waals surface area contributed by atoms with Gasteiger partial charge in [0.15, 0.2) is 5.17 Å². The molecule has 6 heteroatoms. The number of hydrogen-bond acceptors (Lipinski definition) is 5. The van der Waals surface area contributed by atoms with E-state index >= 15 is 0 Å². The lowest BCUT2D eigenvalue weighted by atomic mass is 10.3. The Kier molecular flexibility index (Phi) is 2.83. The molecule has 0 aliphatic carbocycles. The third kappa shape index (κ3) is 1.96. The van der Waals surface area contributed by atoms with Crippen molar-refractivity contribution >= 4 is 39.3 Å². The van der Waals surface area contributed by atoms with Gasteiger partial charge in [0.05, 0.1) is 5.25 Å². The Labute approximate surface area is 89.8 Å². The highest BCUT2D eigenvalue weighted by Crippen LogP contribution is 2.25. The minimum absolute atomic E-state index is 0.00807. The van der Waals surface area contributed by atoms with Gasteiger partial charge in [0, 0.05) is 11.6 Å². The highest BCUT2D eigenvalue weighted by atomic mass is 32.2. The number of aliphatic imine (C=N–C) groups is 1. The quantitative estimate of drug-likeness (QED) is 0.837. The fourth-order valence-electron chi connectivity index (χ4n) is 1.08. The average Bonchev–Trinajstić information content (AvgIpc) is 2.76.